The largest absolute Gasteiger partial charge is 0.298 e. The van der Waals surface area contributed by atoms with Gasteiger partial charge in [-0.25, -0.2) is 0 Å². The van der Waals surface area contributed by atoms with Gasteiger partial charge in [0.05, 0.1) is 0 Å². The zero-order chi connectivity index (χ0) is 11.4. The van der Waals surface area contributed by atoms with E-state index in [2.05, 4.69) is 4.98 Å². The number of aldehydes is 1. The topological polar surface area (TPSA) is 30.0 Å². The lowest BCUT2D eigenvalue weighted by Gasteiger charge is -2.05. The van der Waals surface area contributed by atoms with Crippen LogP contribution in [0.5, 0.6) is 0 Å². The summed E-state index contributed by atoms with van der Waals surface area (Å²) in [6.45, 7) is 0. The lowest BCUT2D eigenvalue weighted by Crippen LogP contribution is -1.94. The first-order chi connectivity index (χ1) is 7.79. The average molecular weight is 232 g/mol. The SMILES string of the molecule is O=Cc1ccc(Cl)cc1Cc1cccnc1. The zero-order valence-electron chi connectivity index (χ0n) is 8.56. The summed E-state index contributed by atoms with van der Waals surface area (Å²) in [4.78, 5) is 14.9. The highest BCUT2D eigenvalue weighted by Crippen LogP contribution is 2.17. The first-order valence-electron chi connectivity index (χ1n) is 4.92. The van der Waals surface area contributed by atoms with Gasteiger partial charge in [-0.1, -0.05) is 17.7 Å². The van der Waals surface area contributed by atoms with Crippen molar-refractivity contribution in [1.29, 1.82) is 0 Å². The molecule has 0 N–H and O–H groups in total. The van der Waals surface area contributed by atoms with Gasteiger partial charge in [0.25, 0.3) is 0 Å². The van der Waals surface area contributed by atoms with Gasteiger partial charge in [-0.3, -0.25) is 9.78 Å². The molecule has 0 aliphatic rings. The molecule has 0 aliphatic carbocycles. The van der Waals surface area contributed by atoms with Gasteiger partial charge in [0, 0.05) is 23.0 Å². The summed E-state index contributed by atoms with van der Waals surface area (Å²) in [5.41, 5.74) is 2.66. The first kappa shape index (κ1) is 10.8. The molecule has 0 fully saturated rings. The maximum atomic E-state index is 10.9. The molecule has 0 aliphatic heterocycles. The minimum Gasteiger partial charge on any atom is -0.298 e. The quantitative estimate of drug-likeness (QED) is 0.760. The molecule has 0 amide bonds. The van der Waals surface area contributed by atoms with Crippen molar-refractivity contribution in [3.05, 3.63) is 64.4 Å². The molecule has 0 saturated carbocycles. The van der Waals surface area contributed by atoms with Crippen LogP contribution < -0.4 is 0 Å². The Balaban J connectivity index is 2.33. The molecule has 1 aromatic heterocycles. The predicted octanol–water partition coefficient (Wildman–Crippen LogP) is 3.14. The molecule has 2 aromatic rings. The number of benzene rings is 1. The van der Waals surface area contributed by atoms with Crippen molar-refractivity contribution in [3.63, 3.8) is 0 Å². The lowest BCUT2D eigenvalue weighted by molar-refractivity contribution is 0.112. The minimum atomic E-state index is 0.643. The van der Waals surface area contributed by atoms with E-state index in [1.54, 1.807) is 24.5 Å². The second-order valence-electron chi connectivity index (χ2n) is 3.50. The van der Waals surface area contributed by atoms with Crippen LogP contribution in [-0.4, -0.2) is 11.3 Å². The number of hydrogen-bond donors (Lipinski definition) is 0. The smallest absolute Gasteiger partial charge is 0.150 e. The van der Waals surface area contributed by atoms with Crippen LogP contribution in [0.15, 0.2) is 42.7 Å². The molecule has 1 heterocycles. The highest BCUT2D eigenvalue weighted by Gasteiger charge is 2.03. The van der Waals surface area contributed by atoms with Crippen LogP contribution in [0.25, 0.3) is 0 Å². The Hall–Kier alpha value is -1.67. The number of hydrogen-bond acceptors (Lipinski definition) is 2. The van der Waals surface area contributed by atoms with Gasteiger partial charge in [-0.05, 0) is 41.8 Å². The molecule has 2 rings (SSSR count). The van der Waals surface area contributed by atoms with Gasteiger partial charge in [-0.15, -0.1) is 0 Å². The van der Waals surface area contributed by atoms with E-state index < -0.39 is 0 Å². The van der Waals surface area contributed by atoms with Crippen molar-refractivity contribution in [1.82, 2.24) is 4.98 Å². The highest BCUT2D eigenvalue weighted by atomic mass is 35.5. The van der Waals surface area contributed by atoms with E-state index in [4.69, 9.17) is 11.6 Å². The van der Waals surface area contributed by atoms with Gasteiger partial charge in [0.1, 0.15) is 6.29 Å². The Morgan fingerprint density at radius 1 is 1.31 bits per heavy atom. The Morgan fingerprint density at radius 2 is 2.19 bits per heavy atom. The van der Waals surface area contributed by atoms with E-state index in [-0.39, 0.29) is 0 Å². The van der Waals surface area contributed by atoms with Crippen LogP contribution in [0.4, 0.5) is 0 Å². The van der Waals surface area contributed by atoms with Crippen molar-refractivity contribution in [2.45, 2.75) is 6.42 Å². The summed E-state index contributed by atoms with van der Waals surface area (Å²) < 4.78 is 0. The van der Waals surface area contributed by atoms with Crippen LogP contribution in [-0.2, 0) is 6.42 Å². The second-order valence-corrected chi connectivity index (χ2v) is 3.94. The summed E-state index contributed by atoms with van der Waals surface area (Å²) in [7, 11) is 0. The minimum absolute atomic E-state index is 0.643. The van der Waals surface area contributed by atoms with Gasteiger partial charge in [0.15, 0.2) is 0 Å². The van der Waals surface area contributed by atoms with E-state index in [0.717, 1.165) is 17.4 Å². The molecule has 2 nitrogen and oxygen atoms in total. The fraction of sp³-hybridized carbons (Fsp3) is 0.0769. The van der Waals surface area contributed by atoms with Crippen LogP contribution in [0.3, 0.4) is 0 Å². The van der Waals surface area contributed by atoms with E-state index in [9.17, 15) is 4.79 Å². The summed E-state index contributed by atoms with van der Waals surface area (Å²) >= 11 is 5.91. The number of aromatic nitrogens is 1. The number of nitrogens with zero attached hydrogens (tertiary/aromatic N) is 1. The standard InChI is InChI=1S/C13H10ClNO/c14-13-4-3-11(9-16)12(7-13)6-10-2-1-5-15-8-10/h1-5,7-9H,6H2. The fourth-order valence-electron chi connectivity index (χ4n) is 1.56. The molecule has 80 valence electrons. The van der Waals surface area contributed by atoms with E-state index in [1.807, 2.05) is 18.2 Å². The van der Waals surface area contributed by atoms with E-state index in [0.29, 0.717) is 17.0 Å². The monoisotopic (exact) mass is 231 g/mol. The Kier molecular flexibility index (Phi) is 3.32. The molecular formula is C13H10ClNO. The molecule has 3 heteroatoms. The number of carbonyl (C=O) groups is 1. The summed E-state index contributed by atoms with van der Waals surface area (Å²) in [6.07, 6.45) is 5.03. The third-order valence-corrected chi connectivity index (χ3v) is 2.58. The van der Waals surface area contributed by atoms with Gasteiger partial charge in [0.2, 0.25) is 0 Å². The van der Waals surface area contributed by atoms with Crippen LogP contribution in [0, 0.1) is 0 Å². The van der Waals surface area contributed by atoms with Crippen LogP contribution in [0.2, 0.25) is 5.02 Å². The summed E-state index contributed by atoms with van der Waals surface area (Å²) in [6, 6.07) is 9.13. The van der Waals surface area contributed by atoms with Gasteiger partial charge in [-0.2, -0.15) is 0 Å². The molecule has 16 heavy (non-hydrogen) atoms. The number of pyridine rings is 1. The Labute approximate surface area is 98.9 Å². The average Bonchev–Trinajstić information content (AvgIpc) is 2.31. The molecule has 0 spiro atoms. The van der Waals surface area contributed by atoms with Crippen LogP contribution >= 0.6 is 11.6 Å². The normalized spacial score (nSPS) is 10.1. The molecular weight excluding hydrogens is 222 g/mol. The van der Waals surface area contributed by atoms with Crippen LogP contribution in [0.1, 0.15) is 21.5 Å². The molecule has 0 unspecified atom stereocenters. The Bertz CT molecular complexity index is 497. The van der Waals surface area contributed by atoms with Crippen molar-refractivity contribution in [2.75, 3.05) is 0 Å². The van der Waals surface area contributed by atoms with E-state index >= 15 is 0 Å². The molecule has 0 atom stereocenters. The lowest BCUT2D eigenvalue weighted by atomic mass is 10.0. The third kappa shape index (κ3) is 2.47. The second kappa shape index (κ2) is 4.90. The van der Waals surface area contributed by atoms with Gasteiger partial charge < -0.3 is 0 Å². The zero-order valence-corrected chi connectivity index (χ0v) is 9.32. The number of carbonyl (C=O) groups excluding carboxylic acids is 1. The first-order valence-corrected chi connectivity index (χ1v) is 5.30. The van der Waals surface area contributed by atoms with E-state index in [1.165, 1.54) is 0 Å². The Morgan fingerprint density at radius 3 is 2.88 bits per heavy atom. The molecule has 0 bridgehead atoms. The van der Waals surface area contributed by atoms with Crippen molar-refractivity contribution < 1.29 is 4.79 Å². The highest BCUT2D eigenvalue weighted by molar-refractivity contribution is 6.30. The fourth-order valence-corrected chi connectivity index (χ4v) is 1.76. The molecule has 0 radical (unpaired) electrons. The third-order valence-electron chi connectivity index (χ3n) is 2.35. The maximum Gasteiger partial charge on any atom is 0.150 e. The molecule has 0 saturated heterocycles. The van der Waals surface area contributed by atoms with Crippen molar-refractivity contribution in [3.8, 4) is 0 Å². The summed E-state index contributed by atoms with van der Waals surface area (Å²) in [5.74, 6) is 0. The van der Waals surface area contributed by atoms with Crippen molar-refractivity contribution in [2.24, 2.45) is 0 Å². The van der Waals surface area contributed by atoms with Crippen molar-refractivity contribution >= 4 is 17.9 Å². The molecule has 1 aromatic carbocycles. The summed E-state index contributed by atoms with van der Waals surface area (Å²) in [5, 5.41) is 0.643. The maximum absolute atomic E-state index is 10.9. The number of rotatable bonds is 3. The van der Waals surface area contributed by atoms with Gasteiger partial charge >= 0.3 is 0 Å². The number of halogens is 1. The predicted molar refractivity (Wildman–Crippen MR) is 63.9 cm³/mol.